The first-order valence-electron chi connectivity index (χ1n) is 6.25. The van der Waals surface area contributed by atoms with E-state index in [0.717, 1.165) is 21.1 Å². The van der Waals surface area contributed by atoms with Crippen LogP contribution in [-0.2, 0) is 0 Å². The minimum atomic E-state index is 0.567. The minimum Gasteiger partial charge on any atom is -0.373 e. The van der Waals surface area contributed by atoms with Crippen molar-refractivity contribution in [3.63, 3.8) is 0 Å². The van der Waals surface area contributed by atoms with Gasteiger partial charge in [-0.3, -0.25) is 0 Å². The summed E-state index contributed by atoms with van der Waals surface area (Å²) in [6.07, 6.45) is 2.44. The van der Waals surface area contributed by atoms with Crippen LogP contribution in [0.3, 0.4) is 0 Å². The van der Waals surface area contributed by atoms with E-state index in [-0.39, 0.29) is 0 Å². The number of nitrogens with zero attached hydrogens (tertiary/aromatic N) is 2. The number of anilines is 1. The van der Waals surface area contributed by atoms with Gasteiger partial charge in [0.25, 0.3) is 0 Å². The third-order valence-corrected chi connectivity index (χ3v) is 4.41. The molecule has 1 N–H and O–H groups in total. The molecule has 0 spiro atoms. The fourth-order valence-electron chi connectivity index (χ4n) is 1.77. The summed E-state index contributed by atoms with van der Waals surface area (Å²) in [5, 5.41) is 4.12. The highest BCUT2D eigenvalue weighted by Crippen LogP contribution is 2.39. The van der Waals surface area contributed by atoms with Crippen molar-refractivity contribution < 1.29 is 0 Å². The number of halogens is 1. The normalized spacial score (nSPS) is 14.4. The molecule has 1 saturated carbocycles. The van der Waals surface area contributed by atoms with Crippen LogP contribution >= 0.6 is 27.7 Å². The summed E-state index contributed by atoms with van der Waals surface area (Å²) in [7, 11) is 1.90. The van der Waals surface area contributed by atoms with Crippen molar-refractivity contribution in [1.29, 1.82) is 0 Å². The Hall–Kier alpha value is -1.07. The first-order valence-corrected chi connectivity index (χ1v) is 7.86. The summed E-state index contributed by atoms with van der Waals surface area (Å²) in [6.45, 7) is 0. The van der Waals surface area contributed by atoms with Gasteiger partial charge < -0.3 is 5.32 Å². The SMILES string of the molecule is CNc1cc(Sc2ccc(Br)cc2)nc(C2CC2)n1. The van der Waals surface area contributed by atoms with Gasteiger partial charge in [-0.2, -0.15) is 0 Å². The molecule has 1 aromatic heterocycles. The third kappa shape index (κ3) is 3.28. The van der Waals surface area contributed by atoms with E-state index >= 15 is 0 Å². The Morgan fingerprint density at radius 1 is 1.21 bits per heavy atom. The summed E-state index contributed by atoms with van der Waals surface area (Å²) in [5.74, 6) is 2.44. The Balaban J connectivity index is 1.86. The molecular weight excluding hydrogens is 322 g/mol. The lowest BCUT2D eigenvalue weighted by molar-refractivity contribution is 0.880. The van der Waals surface area contributed by atoms with Crippen molar-refractivity contribution in [2.24, 2.45) is 0 Å². The van der Waals surface area contributed by atoms with E-state index < -0.39 is 0 Å². The van der Waals surface area contributed by atoms with Gasteiger partial charge in [0.1, 0.15) is 16.7 Å². The molecule has 0 aliphatic heterocycles. The second-order valence-electron chi connectivity index (χ2n) is 4.53. The Labute approximate surface area is 125 Å². The largest absolute Gasteiger partial charge is 0.373 e. The summed E-state index contributed by atoms with van der Waals surface area (Å²) in [6, 6.07) is 10.3. The molecule has 0 radical (unpaired) electrons. The molecule has 1 aliphatic carbocycles. The maximum Gasteiger partial charge on any atom is 0.135 e. The fraction of sp³-hybridized carbons (Fsp3) is 0.286. The molecule has 98 valence electrons. The summed E-state index contributed by atoms with van der Waals surface area (Å²) >= 11 is 5.12. The summed E-state index contributed by atoms with van der Waals surface area (Å²) in [4.78, 5) is 10.4. The van der Waals surface area contributed by atoms with Gasteiger partial charge in [-0.05, 0) is 37.1 Å². The van der Waals surface area contributed by atoms with Crippen LogP contribution in [-0.4, -0.2) is 17.0 Å². The lowest BCUT2D eigenvalue weighted by atomic mass is 10.4. The van der Waals surface area contributed by atoms with Crippen LogP contribution in [0.1, 0.15) is 24.6 Å². The monoisotopic (exact) mass is 335 g/mol. The molecule has 0 bridgehead atoms. The fourth-order valence-corrected chi connectivity index (χ4v) is 2.86. The molecule has 2 aromatic rings. The minimum absolute atomic E-state index is 0.567. The van der Waals surface area contributed by atoms with Gasteiger partial charge in [-0.1, -0.05) is 27.7 Å². The molecule has 1 aliphatic rings. The van der Waals surface area contributed by atoms with E-state index in [1.54, 1.807) is 11.8 Å². The van der Waals surface area contributed by atoms with Gasteiger partial charge >= 0.3 is 0 Å². The average molecular weight is 336 g/mol. The maximum atomic E-state index is 4.66. The molecule has 19 heavy (non-hydrogen) atoms. The zero-order chi connectivity index (χ0) is 13.2. The second-order valence-corrected chi connectivity index (χ2v) is 6.54. The lowest BCUT2D eigenvalue weighted by Crippen LogP contribution is -2.00. The van der Waals surface area contributed by atoms with Crippen LogP contribution in [0.5, 0.6) is 0 Å². The first kappa shape index (κ1) is 12.9. The molecule has 0 amide bonds. The molecular formula is C14H14BrN3S. The third-order valence-electron chi connectivity index (χ3n) is 2.95. The van der Waals surface area contributed by atoms with Crippen molar-refractivity contribution in [3.05, 3.63) is 40.6 Å². The van der Waals surface area contributed by atoms with Crippen LogP contribution in [0.15, 0.2) is 44.7 Å². The van der Waals surface area contributed by atoms with Crippen molar-refractivity contribution in [2.45, 2.75) is 28.7 Å². The van der Waals surface area contributed by atoms with Crippen LogP contribution < -0.4 is 5.32 Å². The molecule has 0 unspecified atom stereocenters. The van der Waals surface area contributed by atoms with Crippen molar-refractivity contribution >= 4 is 33.5 Å². The van der Waals surface area contributed by atoms with E-state index in [0.29, 0.717) is 5.92 Å². The van der Waals surface area contributed by atoms with Gasteiger partial charge in [0, 0.05) is 28.4 Å². The van der Waals surface area contributed by atoms with E-state index in [9.17, 15) is 0 Å². The highest BCUT2D eigenvalue weighted by Gasteiger charge is 2.27. The molecule has 5 heteroatoms. The van der Waals surface area contributed by atoms with Gasteiger partial charge in [0.2, 0.25) is 0 Å². The standard InChI is InChI=1S/C14H14BrN3S/c1-16-12-8-13(18-14(17-12)9-2-3-9)19-11-6-4-10(15)5-7-11/h4-9H,2-3H2,1H3,(H,16,17,18). The Morgan fingerprint density at radius 3 is 2.58 bits per heavy atom. The van der Waals surface area contributed by atoms with Crippen LogP contribution in [0.25, 0.3) is 0 Å². The summed E-state index contributed by atoms with van der Waals surface area (Å²) < 4.78 is 1.09. The van der Waals surface area contributed by atoms with Gasteiger partial charge in [-0.15, -0.1) is 0 Å². The van der Waals surface area contributed by atoms with E-state index in [1.165, 1.54) is 17.7 Å². The topological polar surface area (TPSA) is 37.8 Å². The second kappa shape index (κ2) is 5.51. The number of benzene rings is 1. The summed E-state index contributed by atoms with van der Waals surface area (Å²) in [5.41, 5.74) is 0. The molecule has 0 saturated heterocycles. The zero-order valence-corrected chi connectivity index (χ0v) is 13.0. The van der Waals surface area contributed by atoms with Gasteiger partial charge in [0.05, 0.1) is 0 Å². The first-order chi connectivity index (χ1) is 9.24. The number of hydrogen-bond acceptors (Lipinski definition) is 4. The predicted octanol–water partition coefficient (Wildman–Crippen LogP) is 4.31. The Kier molecular flexibility index (Phi) is 3.75. The van der Waals surface area contributed by atoms with Crippen LogP contribution in [0.2, 0.25) is 0 Å². The van der Waals surface area contributed by atoms with Gasteiger partial charge in [0.15, 0.2) is 0 Å². The van der Waals surface area contributed by atoms with E-state index in [1.807, 2.05) is 25.2 Å². The van der Waals surface area contributed by atoms with E-state index in [4.69, 9.17) is 0 Å². The quantitative estimate of drug-likeness (QED) is 0.845. The molecule has 3 rings (SSSR count). The highest BCUT2D eigenvalue weighted by molar-refractivity contribution is 9.10. The maximum absolute atomic E-state index is 4.66. The molecule has 1 aromatic carbocycles. The molecule has 0 atom stereocenters. The lowest BCUT2D eigenvalue weighted by Gasteiger charge is -2.07. The number of rotatable bonds is 4. The van der Waals surface area contributed by atoms with Crippen LogP contribution in [0.4, 0.5) is 5.82 Å². The van der Waals surface area contributed by atoms with Crippen LogP contribution in [0, 0.1) is 0 Å². The predicted molar refractivity (Wildman–Crippen MR) is 81.8 cm³/mol. The number of hydrogen-bond donors (Lipinski definition) is 1. The zero-order valence-electron chi connectivity index (χ0n) is 10.6. The molecule has 1 fully saturated rings. The number of aromatic nitrogens is 2. The van der Waals surface area contributed by atoms with Crippen molar-refractivity contribution in [1.82, 2.24) is 9.97 Å². The number of nitrogens with one attached hydrogen (secondary N) is 1. The molecule has 1 heterocycles. The van der Waals surface area contributed by atoms with Gasteiger partial charge in [-0.25, -0.2) is 9.97 Å². The smallest absolute Gasteiger partial charge is 0.135 e. The van der Waals surface area contributed by atoms with Crippen molar-refractivity contribution in [2.75, 3.05) is 12.4 Å². The Morgan fingerprint density at radius 2 is 1.95 bits per heavy atom. The Bertz CT molecular complexity index is 582. The van der Waals surface area contributed by atoms with E-state index in [2.05, 4.69) is 43.3 Å². The molecule has 3 nitrogen and oxygen atoms in total. The highest BCUT2D eigenvalue weighted by atomic mass is 79.9. The van der Waals surface area contributed by atoms with Crippen molar-refractivity contribution in [3.8, 4) is 0 Å². The average Bonchev–Trinajstić information content (AvgIpc) is 3.25.